The molecule has 0 aliphatic carbocycles. The number of rotatable bonds is 5. The minimum absolute atomic E-state index is 0.293. The lowest BCUT2D eigenvalue weighted by molar-refractivity contribution is -0.139. The molecule has 0 aromatic heterocycles. The van der Waals surface area contributed by atoms with E-state index in [4.69, 9.17) is 10.1 Å². The summed E-state index contributed by atoms with van der Waals surface area (Å²) in [7, 11) is -0.877. The van der Waals surface area contributed by atoms with Crippen LogP contribution in [-0.4, -0.2) is 35.0 Å². The fourth-order valence-electron chi connectivity index (χ4n) is 0.786. The van der Waals surface area contributed by atoms with Crippen LogP contribution < -0.4 is 5.23 Å². The van der Waals surface area contributed by atoms with Crippen molar-refractivity contribution in [3.8, 4) is 0 Å². The van der Waals surface area contributed by atoms with Crippen LogP contribution in [0.3, 0.4) is 0 Å². The van der Waals surface area contributed by atoms with Crippen molar-refractivity contribution in [1.82, 2.24) is 5.23 Å². The second-order valence-corrected chi connectivity index (χ2v) is 2.60. The second kappa shape index (κ2) is 4.89. The van der Waals surface area contributed by atoms with Gasteiger partial charge in [-0.1, -0.05) is 0 Å². The third-order valence-corrected chi connectivity index (χ3v) is 1.31. The molecule has 0 aromatic carbocycles. The van der Waals surface area contributed by atoms with E-state index in [9.17, 15) is 9.59 Å². The molecule has 0 saturated heterocycles. The summed E-state index contributed by atoms with van der Waals surface area (Å²) in [6, 6.07) is -0.803. The largest absolute Gasteiger partial charge is 0.481 e. The summed E-state index contributed by atoms with van der Waals surface area (Å²) in [6.07, 6.45) is -0.305. The van der Waals surface area contributed by atoms with Crippen LogP contribution in [0.15, 0.2) is 0 Å². The third-order valence-electron chi connectivity index (χ3n) is 1.31. The van der Waals surface area contributed by atoms with Crippen LogP contribution in [0.2, 0.25) is 6.82 Å². The smallest absolute Gasteiger partial charge is 0.374 e. The monoisotopic (exact) mass is 173 g/mol. The Balaban J connectivity index is 4.04. The zero-order valence-corrected chi connectivity index (χ0v) is 7.07. The van der Waals surface area contributed by atoms with Crippen molar-refractivity contribution >= 4 is 18.8 Å². The fraction of sp³-hybridized carbons (Fsp3) is 0.667. The van der Waals surface area contributed by atoms with Crippen LogP contribution in [0, 0.1) is 0 Å². The van der Waals surface area contributed by atoms with Gasteiger partial charge in [0.1, 0.15) is 5.78 Å². The predicted octanol–water partition coefficient (Wildman–Crippen LogP) is -0.881. The molecule has 0 heterocycles. The Morgan fingerprint density at radius 3 is 2.33 bits per heavy atom. The Morgan fingerprint density at radius 1 is 1.58 bits per heavy atom. The van der Waals surface area contributed by atoms with Gasteiger partial charge in [-0.3, -0.25) is 9.59 Å². The van der Waals surface area contributed by atoms with E-state index in [0.29, 0.717) is 0 Å². The Morgan fingerprint density at radius 2 is 2.08 bits per heavy atom. The van der Waals surface area contributed by atoms with Crippen LogP contribution in [0.1, 0.15) is 13.3 Å². The molecular weight excluding hydrogens is 161 g/mol. The SMILES string of the molecule is CB(O)NC(CC(=O)O)C(C)=O. The number of nitrogens with one attached hydrogen (secondary N) is 1. The highest BCUT2D eigenvalue weighted by Crippen LogP contribution is 1.94. The van der Waals surface area contributed by atoms with Crippen molar-refractivity contribution < 1.29 is 19.7 Å². The summed E-state index contributed by atoms with van der Waals surface area (Å²) in [5, 5.41) is 19.6. The van der Waals surface area contributed by atoms with Crippen LogP contribution in [0.25, 0.3) is 0 Å². The predicted molar refractivity (Wildman–Crippen MR) is 43.7 cm³/mol. The van der Waals surface area contributed by atoms with Crippen molar-refractivity contribution in [2.24, 2.45) is 0 Å². The number of hydrogen-bond donors (Lipinski definition) is 3. The number of hydrogen-bond acceptors (Lipinski definition) is 4. The summed E-state index contributed by atoms with van der Waals surface area (Å²) >= 11 is 0. The van der Waals surface area contributed by atoms with E-state index in [2.05, 4.69) is 5.23 Å². The van der Waals surface area contributed by atoms with E-state index >= 15 is 0 Å². The molecule has 12 heavy (non-hydrogen) atoms. The molecule has 0 aliphatic heterocycles. The molecule has 0 bridgehead atoms. The summed E-state index contributed by atoms with van der Waals surface area (Å²) in [4.78, 5) is 21.0. The van der Waals surface area contributed by atoms with Gasteiger partial charge >= 0.3 is 13.0 Å². The molecule has 3 N–H and O–H groups in total. The first kappa shape index (κ1) is 11.1. The van der Waals surface area contributed by atoms with Gasteiger partial charge in [-0.25, -0.2) is 0 Å². The van der Waals surface area contributed by atoms with Gasteiger partial charge in [-0.2, -0.15) is 0 Å². The number of aliphatic carboxylic acids is 1. The number of carbonyl (C=O) groups excluding carboxylic acids is 1. The topological polar surface area (TPSA) is 86.6 Å². The average molecular weight is 173 g/mol. The molecule has 0 spiro atoms. The second-order valence-electron chi connectivity index (χ2n) is 2.60. The highest BCUT2D eigenvalue weighted by Gasteiger charge is 2.20. The van der Waals surface area contributed by atoms with Crippen molar-refractivity contribution in [3.05, 3.63) is 0 Å². The lowest BCUT2D eigenvalue weighted by atomic mass is 9.86. The molecule has 0 aliphatic rings. The van der Waals surface area contributed by atoms with Gasteiger partial charge in [0.15, 0.2) is 0 Å². The minimum atomic E-state index is -1.07. The van der Waals surface area contributed by atoms with E-state index in [0.717, 1.165) is 0 Å². The molecule has 1 unspecified atom stereocenters. The number of carboxylic acid groups (broad SMARTS) is 1. The van der Waals surface area contributed by atoms with Gasteiger partial charge in [0, 0.05) is 0 Å². The molecule has 6 heteroatoms. The molecule has 0 amide bonds. The maximum Gasteiger partial charge on any atom is 0.374 e. The Hall–Kier alpha value is -0.875. The highest BCUT2D eigenvalue weighted by molar-refractivity contribution is 6.46. The molecule has 0 rings (SSSR count). The molecule has 5 nitrogen and oxygen atoms in total. The average Bonchev–Trinajstić information content (AvgIpc) is 1.83. The van der Waals surface area contributed by atoms with Gasteiger partial charge in [-0.05, 0) is 13.7 Å². The first-order valence-electron chi connectivity index (χ1n) is 3.60. The summed E-state index contributed by atoms with van der Waals surface area (Å²) in [5.41, 5.74) is 0. The Labute approximate surface area is 70.9 Å². The summed E-state index contributed by atoms with van der Waals surface area (Å²) < 4.78 is 0. The van der Waals surface area contributed by atoms with Gasteiger partial charge in [0.05, 0.1) is 12.5 Å². The summed E-state index contributed by atoms with van der Waals surface area (Å²) in [5.74, 6) is -1.36. The van der Waals surface area contributed by atoms with E-state index in [1.54, 1.807) is 0 Å². The molecule has 0 radical (unpaired) electrons. The van der Waals surface area contributed by atoms with Crippen LogP contribution in [0.4, 0.5) is 0 Å². The van der Waals surface area contributed by atoms with Crippen LogP contribution in [-0.2, 0) is 9.59 Å². The molecular formula is C6H12BNO4. The fourth-order valence-corrected chi connectivity index (χ4v) is 0.786. The highest BCUT2D eigenvalue weighted by atomic mass is 16.4. The van der Waals surface area contributed by atoms with E-state index < -0.39 is 19.1 Å². The molecule has 0 fully saturated rings. The first-order chi connectivity index (χ1) is 5.43. The molecule has 0 aromatic rings. The molecule has 1 atom stereocenters. The van der Waals surface area contributed by atoms with Crippen molar-refractivity contribution in [2.45, 2.75) is 26.2 Å². The van der Waals surface area contributed by atoms with Crippen LogP contribution >= 0.6 is 0 Å². The quantitative estimate of drug-likeness (QED) is 0.470. The maximum absolute atomic E-state index is 10.8. The molecule has 0 saturated carbocycles. The van der Waals surface area contributed by atoms with Crippen molar-refractivity contribution in [3.63, 3.8) is 0 Å². The van der Waals surface area contributed by atoms with Crippen molar-refractivity contribution in [1.29, 1.82) is 0 Å². The van der Waals surface area contributed by atoms with E-state index in [1.807, 2.05) is 0 Å². The lowest BCUT2D eigenvalue weighted by Gasteiger charge is -2.13. The van der Waals surface area contributed by atoms with Gasteiger partial charge < -0.3 is 15.4 Å². The minimum Gasteiger partial charge on any atom is -0.481 e. The Kier molecular flexibility index (Phi) is 4.54. The lowest BCUT2D eigenvalue weighted by Crippen LogP contribution is -2.45. The molecule has 68 valence electrons. The standard InChI is InChI=1S/C6H12BNO4/c1-4(9)5(3-6(10)11)8-7(2)12/h5,8,12H,3H2,1-2H3,(H,10,11). The zero-order chi connectivity index (χ0) is 9.72. The van der Waals surface area contributed by atoms with Gasteiger partial charge in [0.2, 0.25) is 0 Å². The number of Topliss-reactive ketones (excluding diaryl/α,β-unsaturated/α-hetero) is 1. The maximum atomic E-state index is 10.8. The summed E-state index contributed by atoms with van der Waals surface area (Å²) in [6.45, 7) is 2.71. The van der Waals surface area contributed by atoms with Crippen LogP contribution in [0.5, 0.6) is 0 Å². The van der Waals surface area contributed by atoms with E-state index in [-0.39, 0.29) is 12.2 Å². The number of carboxylic acids is 1. The first-order valence-corrected chi connectivity index (χ1v) is 3.60. The van der Waals surface area contributed by atoms with Crippen molar-refractivity contribution in [2.75, 3.05) is 0 Å². The van der Waals surface area contributed by atoms with E-state index in [1.165, 1.54) is 13.7 Å². The third kappa shape index (κ3) is 4.87. The van der Waals surface area contributed by atoms with Gasteiger partial charge in [0.25, 0.3) is 0 Å². The number of carbonyl (C=O) groups is 2. The Bertz CT molecular complexity index is 182. The zero-order valence-electron chi connectivity index (χ0n) is 7.07. The normalized spacial score (nSPS) is 12.2. The van der Waals surface area contributed by atoms with Gasteiger partial charge in [-0.15, -0.1) is 0 Å². The number of ketones is 1.